The SMILES string of the molecule is NC(=NOC(=O)c1ccccc1I)c1ccccc1. The monoisotopic (exact) mass is 366 g/mol. The summed E-state index contributed by atoms with van der Waals surface area (Å²) in [6, 6.07) is 16.2. The van der Waals surface area contributed by atoms with E-state index in [-0.39, 0.29) is 5.84 Å². The van der Waals surface area contributed by atoms with Gasteiger partial charge >= 0.3 is 5.97 Å². The summed E-state index contributed by atoms with van der Waals surface area (Å²) >= 11 is 2.06. The van der Waals surface area contributed by atoms with Crippen LogP contribution in [-0.2, 0) is 4.84 Å². The van der Waals surface area contributed by atoms with Gasteiger partial charge in [0.15, 0.2) is 5.84 Å². The zero-order chi connectivity index (χ0) is 13.7. The molecule has 0 radical (unpaired) electrons. The summed E-state index contributed by atoms with van der Waals surface area (Å²) in [5.74, 6) is -0.358. The number of nitrogens with two attached hydrogens (primary N) is 1. The summed E-state index contributed by atoms with van der Waals surface area (Å²) in [6.07, 6.45) is 0. The van der Waals surface area contributed by atoms with Crippen molar-refractivity contribution in [2.45, 2.75) is 0 Å². The van der Waals surface area contributed by atoms with Crippen LogP contribution in [0.15, 0.2) is 59.8 Å². The summed E-state index contributed by atoms with van der Waals surface area (Å²) in [6.45, 7) is 0. The Bertz CT molecular complexity index is 612. The third-order valence-corrected chi connectivity index (χ3v) is 3.33. The van der Waals surface area contributed by atoms with Crippen molar-refractivity contribution in [3.63, 3.8) is 0 Å². The molecule has 0 heterocycles. The first kappa shape index (κ1) is 13.5. The maximum atomic E-state index is 11.8. The van der Waals surface area contributed by atoms with Gasteiger partial charge in [-0.1, -0.05) is 47.6 Å². The van der Waals surface area contributed by atoms with E-state index in [2.05, 4.69) is 27.7 Å². The lowest BCUT2D eigenvalue weighted by molar-refractivity contribution is 0.0515. The number of rotatable bonds is 3. The van der Waals surface area contributed by atoms with Gasteiger partial charge in [0, 0.05) is 9.13 Å². The first-order valence-corrected chi connectivity index (χ1v) is 6.61. The maximum absolute atomic E-state index is 11.8. The van der Waals surface area contributed by atoms with E-state index in [1.165, 1.54) is 0 Å². The van der Waals surface area contributed by atoms with Gasteiger partial charge < -0.3 is 10.6 Å². The fourth-order valence-corrected chi connectivity index (χ4v) is 2.04. The van der Waals surface area contributed by atoms with Crippen LogP contribution >= 0.6 is 22.6 Å². The molecule has 0 bridgehead atoms. The fraction of sp³-hybridized carbons (Fsp3) is 0. The average molecular weight is 366 g/mol. The van der Waals surface area contributed by atoms with Gasteiger partial charge in [-0.3, -0.25) is 0 Å². The van der Waals surface area contributed by atoms with Gasteiger partial charge in [0.2, 0.25) is 0 Å². The van der Waals surface area contributed by atoms with Crippen molar-refractivity contribution >= 4 is 34.4 Å². The summed E-state index contributed by atoms with van der Waals surface area (Å²) in [5, 5.41) is 3.65. The molecule has 0 aliphatic heterocycles. The van der Waals surface area contributed by atoms with Gasteiger partial charge in [0.1, 0.15) is 0 Å². The van der Waals surface area contributed by atoms with E-state index >= 15 is 0 Å². The molecule has 19 heavy (non-hydrogen) atoms. The second kappa shape index (κ2) is 6.33. The van der Waals surface area contributed by atoms with E-state index in [9.17, 15) is 4.79 Å². The molecule has 96 valence electrons. The Morgan fingerprint density at radius 3 is 2.37 bits per heavy atom. The number of amidine groups is 1. The third kappa shape index (κ3) is 3.54. The van der Waals surface area contributed by atoms with Crippen molar-refractivity contribution in [1.29, 1.82) is 0 Å². The van der Waals surface area contributed by atoms with Gasteiger partial charge in [-0.2, -0.15) is 0 Å². The number of carbonyl (C=O) groups excluding carboxylic acids is 1. The van der Waals surface area contributed by atoms with E-state index in [1.54, 1.807) is 24.3 Å². The second-order valence-corrected chi connectivity index (χ2v) is 4.86. The highest BCUT2D eigenvalue weighted by Crippen LogP contribution is 2.12. The Balaban J connectivity index is 2.11. The van der Waals surface area contributed by atoms with Gasteiger partial charge in [0.05, 0.1) is 5.56 Å². The van der Waals surface area contributed by atoms with Crippen LogP contribution in [0.3, 0.4) is 0 Å². The molecule has 2 aromatic rings. The molecule has 5 heteroatoms. The predicted octanol–water partition coefficient (Wildman–Crippen LogP) is 2.77. The Morgan fingerprint density at radius 2 is 1.68 bits per heavy atom. The highest BCUT2D eigenvalue weighted by Gasteiger charge is 2.11. The Kier molecular flexibility index (Phi) is 4.51. The molecule has 0 unspecified atom stereocenters. The summed E-state index contributed by atoms with van der Waals surface area (Å²) in [5.41, 5.74) is 6.90. The highest BCUT2D eigenvalue weighted by atomic mass is 127. The van der Waals surface area contributed by atoms with Crippen LogP contribution in [0.5, 0.6) is 0 Å². The van der Waals surface area contributed by atoms with Crippen molar-refractivity contribution in [1.82, 2.24) is 0 Å². The molecule has 4 nitrogen and oxygen atoms in total. The average Bonchev–Trinajstić information content (AvgIpc) is 2.46. The van der Waals surface area contributed by atoms with Crippen LogP contribution in [0.25, 0.3) is 0 Å². The van der Waals surface area contributed by atoms with Crippen LogP contribution in [-0.4, -0.2) is 11.8 Å². The minimum absolute atomic E-state index is 0.167. The van der Waals surface area contributed by atoms with Gasteiger partial charge in [-0.05, 0) is 34.7 Å². The normalized spacial score (nSPS) is 11.1. The van der Waals surface area contributed by atoms with E-state index in [0.717, 1.165) is 3.57 Å². The van der Waals surface area contributed by atoms with Crippen LogP contribution in [0.1, 0.15) is 15.9 Å². The molecule has 0 atom stereocenters. The highest BCUT2D eigenvalue weighted by molar-refractivity contribution is 14.1. The Hall–Kier alpha value is -1.89. The van der Waals surface area contributed by atoms with E-state index < -0.39 is 5.97 Å². The minimum atomic E-state index is -0.524. The molecule has 0 aliphatic rings. The van der Waals surface area contributed by atoms with Crippen molar-refractivity contribution < 1.29 is 9.63 Å². The molecule has 0 aliphatic carbocycles. The van der Waals surface area contributed by atoms with Crippen molar-refractivity contribution in [3.8, 4) is 0 Å². The third-order valence-electron chi connectivity index (χ3n) is 2.39. The zero-order valence-corrected chi connectivity index (χ0v) is 12.1. The Labute approximate surface area is 124 Å². The molecule has 0 saturated heterocycles. The molecule has 0 spiro atoms. The number of hydrogen-bond donors (Lipinski definition) is 1. The summed E-state index contributed by atoms with van der Waals surface area (Å²) in [4.78, 5) is 16.7. The number of nitrogens with zero attached hydrogens (tertiary/aromatic N) is 1. The molecule has 0 saturated carbocycles. The summed E-state index contributed by atoms with van der Waals surface area (Å²) < 4.78 is 0.804. The molecular weight excluding hydrogens is 355 g/mol. The number of carbonyl (C=O) groups is 1. The molecule has 0 amide bonds. The van der Waals surface area contributed by atoms with E-state index in [4.69, 9.17) is 10.6 Å². The summed E-state index contributed by atoms with van der Waals surface area (Å²) in [7, 11) is 0. The van der Waals surface area contributed by atoms with Gasteiger partial charge in [-0.15, -0.1) is 0 Å². The number of oxime groups is 1. The number of hydrogen-bond acceptors (Lipinski definition) is 3. The molecule has 2 N–H and O–H groups in total. The lowest BCUT2D eigenvalue weighted by Gasteiger charge is -2.02. The standard InChI is InChI=1S/C14H11IN2O2/c15-12-9-5-4-8-11(12)14(18)19-17-13(16)10-6-2-1-3-7-10/h1-9H,(H2,16,17). The van der Waals surface area contributed by atoms with Gasteiger partial charge in [0.25, 0.3) is 0 Å². The fourth-order valence-electron chi connectivity index (χ4n) is 1.43. The lowest BCUT2D eigenvalue weighted by atomic mass is 10.2. The molecule has 2 aromatic carbocycles. The minimum Gasteiger partial charge on any atom is -0.380 e. The first-order valence-electron chi connectivity index (χ1n) is 5.53. The molecule has 0 aromatic heterocycles. The van der Waals surface area contributed by atoms with Crippen LogP contribution < -0.4 is 5.73 Å². The van der Waals surface area contributed by atoms with Crippen molar-refractivity contribution in [2.24, 2.45) is 10.9 Å². The quantitative estimate of drug-likeness (QED) is 0.299. The van der Waals surface area contributed by atoms with Crippen LogP contribution in [0.2, 0.25) is 0 Å². The number of benzene rings is 2. The van der Waals surface area contributed by atoms with Crippen LogP contribution in [0, 0.1) is 3.57 Å². The van der Waals surface area contributed by atoms with Gasteiger partial charge in [-0.25, -0.2) is 4.79 Å². The van der Waals surface area contributed by atoms with Crippen LogP contribution in [0.4, 0.5) is 0 Å². The zero-order valence-electron chi connectivity index (χ0n) is 9.92. The topological polar surface area (TPSA) is 64.7 Å². The smallest absolute Gasteiger partial charge is 0.366 e. The number of halogens is 1. The van der Waals surface area contributed by atoms with Crippen molar-refractivity contribution in [3.05, 3.63) is 69.3 Å². The van der Waals surface area contributed by atoms with E-state index in [1.807, 2.05) is 30.3 Å². The largest absolute Gasteiger partial charge is 0.380 e. The Morgan fingerprint density at radius 1 is 1.05 bits per heavy atom. The molecule has 0 fully saturated rings. The molecular formula is C14H11IN2O2. The predicted molar refractivity (Wildman–Crippen MR) is 81.7 cm³/mol. The van der Waals surface area contributed by atoms with Crippen molar-refractivity contribution in [2.75, 3.05) is 0 Å². The van der Waals surface area contributed by atoms with E-state index in [0.29, 0.717) is 11.1 Å². The maximum Gasteiger partial charge on any atom is 0.366 e. The first-order chi connectivity index (χ1) is 9.18. The molecule has 2 rings (SSSR count). The second-order valence-electron chi connectivity index (χ2n) is 3.70. The lowest BCUT2D eigenvalue weighted by Crippen LogP contribution is -2.15.